The fourth-order valence-electron chi connectivity index (χ4n) is 3.65. The number of benzene rings is 2. The number of nitrogens with one attached hydrogen (secondary N) is 1. The third-order valence-electron chi connectivity index (χ3n) is 5.30. The van der Waals surface area contributed by atoms with E-state index >= 15 is 0 Å². The zero-order valence-electron chi connectivity index (χ0n) is 21.4. The number of aromatic nitrogens is 1. The maximum Gasteiger partial charge on any atom is 0.257 e. The topological polar surface area (TPSA) is 97.8 Å². The minimum Gasteiger partial charge on any atom is -0.497 e. The Balaban J connectivity index is 1.75. The van der Waals surface area contributed by atoms with E-state index < -0.39 is 10.0 Å². The second kappa shape index (κ2) is 11.9. The highest BCUT2D eigenvalue weighted by molar-refractivity contribution is 7.89. The van der Waals surface area contributed by atoms with Crippen LogP contribution >= 0.6 is 11.3 Å². The molecule has 194 valence electrons. The maximum atomic E-state index is 13.2. The van der Waals surface area contributed by atoms with Crippen molar-refractivity contribution in [1.29, 1.82) is 0 Å². The van der Waals surface area contributed by atoms with Crippen molar-refractivity contribution in [1.82, 2.24) is 9.29 Å². The monoisotopic (exact) mass is 531 g/mol. The van der Waals surface area contributed by atoms with E-state index in [0.717, 1.165) is 5.56 Å². The summed E-state index contributed by atoms with van der Waals surface area (Å²) in [4.78, 5) is 17.5. The number of methoxy groups -OCH3 is 2. The lowest BCUT2D eigenvalue weighted by atomic mass is 10.1. The summed E-state index contributed by atoms with van der Waals surface area (Å²) in [6.07, 6.45) is 0. The molecule has 3 rings (SSSR count). The van der Waals surface area contributed by atoms with Gasteiger partial charge in [0.15, 0.2) is 5.13 Å². The fourth-order valence-corrected chi connectivity index (χ4v) is 6.12. The Morgan fingerprint density at radius 3 is 2.19 bits per heavy atom. The predicted molar refractivity (Wildman–Crippen MR) is 143 cm³/mol. The van der Waals surface area contributed by atoms with E-state index in [2.05, 4.69) is 10.3 Å². The molecule has 0 saturated carbocycles. The molecule has 10 heteroatoms. The van der Waals surface area contributed by atoms with Gasteiger partial charge in [0.25, 0.3) is 5.91 Å². The van der Waals surface area contributed by atoms with Crippen LogP contribution in [0.4, 0.5) is 5.13 Å². The van der Waals surface area contributed by atoms with Gasteiger partial charge >= 0.3 is 0 Å². The van der Waals surface area contributed by atoms with Gasteiger partial charge in [0.05, 0.1) is 24.8 Å². The number of carbonyl (C=O) groups is 1. The first kappa shape index (κ1) is 27.6. The second-order valence-corrected chi connectivity index (χ2v) is 12.0. The van der Waals surface area contributed by atoms with Gasteiger partial charge in [-0.1, -0.05) is 27.7 Å². The summed E-state index contributed by atoms with van der Waals surface area (Å²) in [5.41, 5.74) is 1.77. The van der Waals surface area contributed by atoms with E-state index in [1.54, 1.807) is 20.3 Å². The van der Waals surface area contributed by atoms with Gasteiger partial charge in [-0.2, -0.15) is 4.31 Å². The van der Waals surface area contributed by atoms with Gasteiger partial charge in [-0.15, -0.1) is 11.3 Å². The summed E-state index contributed by atoms with van der Waals surface area (Å²) in [7, 11) is -0.506. The molecule has 0 bridgehead atoms. The molecule has 2 aromatic carbocycles. The number of hydrogen-bond acceptors (Lipinski definition) is 7. The first-order chi connectivity index (χ1) is 17.0. The van der Waals surface area contributed by atoms with Crippen LogP contribution in [0.1, 0.15) is 38.1 Å². The largest absolute Gasteiger partial charge is 0.497 e. The Labute approximate surface area is 217 Å². The Kier molecular flexibility index (Phi) is 9.10. The average Bonchev–Trinajstić information content (AvgIpc) is 3.30. The van der Waals surface area contributed by atoms with E-state index in [-0.39, 0.29) is 22.6 Å². The predicted octanol–water partition coefficient (Wildman–Crippen LogP) is 5.38. The van der Waals surface area contributed by atoms with Crippen LogP contribution in [0, 0.1) is 11.8 Å². The molecule has 0 aliphatic rings. The standard InChI is InChI=1S/C26H33N3O5S2/c1-17(2)14-29(15-18(3)4)36(31,32)21-10-7-19(8-11-21)25(30)28-26-27-23(16-35-26)22-12-9-20(33-5)13-24(22)34-6/h7-13,16-18H,14-15H2,1-6H3,(H,27,28,30). The first-order valence-corrected chi connectivity index (χ1v) is 14.0. The van der Waals surface area contributed by atoms with Crippen LogP contribution in [-0.4, -0.2) is 50.9 Å². The highest BCUT2D eigenvalue weighted by Crippen LogP contribution is 2.35. The second-order valence-electron chi connectivity index (χ2n) is 9.19. The normalized spacial score (nSPS) is 11.8. The van der Waals surface area contributed by atoms with E-state index in [9.17, 15) is 13.2 Å². The molecule has 0 atom stereocenters. The van der Waals surface area contributed by atoms with Crippen molar-refractivity contribution >= 4 is 32.4 Å². The Morgan fingerprint density at radius 1 is 1.00 bits per heavy atom. The molecule has 0 aliphatic carbocycles. The highest BCUT2D eigenvalue weighted by Gasteiger charge is 2.26. The molecule has 1 amide bonds. The van der Waals surface area contributed by atoms with Crippen LogP contribution in [0.3, 0.4) is 0 Å². The molecule has 1 heterocycles. The van der Waals surface area contributed by atoms with Crippen LogP contribution in [0.2, 0.25) is 0 Å². The molecule has 3 aromatic rings. The number of nitrogens with zero attached hydrogens (tertiary/aromatic N) is 2. The molecule has 1 N–H and O–H groups in total. The van der Waals surface area contributed by atoms with Crippen molar-refractivity contribution in [3.05, 3.63) is 53.4 Å². The minimum absolute atomic E-state index is 0.170. The molecule has 0 aliphatic heterocycles. The summed E-state index contributed by atoms with van der Waals surface area (Å²) in [6.45, 7) is 8.84. The third kappa shape index (κ3) is 6.63. The van der Waals surface area contributed by atoms with Crippen LogP contribution < -0.4 is 14.8 Å². The summed E-state index contributed by atoms with van der Waals surface area (Å²) in [6, 6.07) is 11.4. The first-order valence-electron chi connectivity index (χ1n) is 11.6. The fraction of sp³-hybridized carbons (Fsp3) is 0.385. The molecule has 0 spiro atoms. The van der Waals surface area contributed by atoms with E-state index in [1.165, 1.54) is 39.9 Å². The number of carbonyl (C=O) groups excluding carboxylic acids is 1. The molecule has 0 radical (unpaired) electrons. The lowest BCUT2D eigenvalue weighted by Crippen LogP contribution is -2.37. The van der Waals surface area contributed by atoms with E-state index in [1.807, 2.05) is 45.2 Å². The van der Waals surface area contributed by atoms with Gasteiger partial charge in [0.1, 0.15) is 11.5 Å². The Hall–Kier alpha value is -2.95. The third-order valence-corrected chi connectivity index (χ3v) is 7.90. The van der Waals surface area contributed by atoms with Crippen LogP contribution in [0.15, 0.2) is 52.7 Å². The molecule has 1 aromatic heterocycles. The van der Waals surface area contributed by atoms with E-state index in [4.69, 9.17) is 9.47 Å². The van der Waals surface area contributed by atoms with Crippen LogP contribution in [0.25, 0.3) is 11.3 Å². The number of sulfonamides is 1. The van der Waals surface area contributed by atoms with Gasteiger partial charge < -0.3 is 9.47 Å². The number of ether oxygens (including phenoxy) is 2. The Morgan fingerprint density at radius 2 is 1.64 bits per heavy atom. The van der Waals surface area contributed by atoms with Crippen molar-refractivity contribution in [2.75, 3.05) is 32.6 Å². The summed E-state index contributed by atoms with van der Waals surface area (Å²) in [5.74, 6) is 1.30. The minimum atomic E-state index is -3.66. The van der Waals surface area contributed by atoms with Crippen molar-refractivity contribution in [2.24, 2.45) is 11.8 Å². The zero-order valence-corrected chi connectivity index (χ0v) is 23.1. The summed E-state index contributed by atoms with van der Waals surface area (Å²) >= 11 is 1.29. The lowest BCUT2D eigenvalue weighted by molar-refractivity contribution is 0.102. The Bertz CT molecular complexity index is 1280. The van der Waals surface area contributed by atoms with Gasteiger partial charge in [-0.05, 0) is 48.2 Å². The van der Waals surface area contributed by atoms with Crippen molar-refractivity contribution in [3.8, 4) is 22.8 Å². The highest BCUT2D eigenvalue weighted by atomic mass is 32.2. The lowest BCUT2D eigenvalue weighted by Gasteiger charge is -2.25. The molecular weight excluding hydrogens is 498 g/mol. The van der Waals surface area contributed by atoms with Crippen molar-refractivity contribution in [3.63, 3.8) is 0 Å². The average molecular weight is 532 g/mol. The number of hydrogen-bond donors (Lipinski definition) is 1. The van der Waals surface area contributed by atoms with Gasteiger partial charge in [0, 0.05) is 35.7 Å². The molecule has 0 fully saturated rings. The number of amides is 1. The summed E-state index contributed by atoms with van der Waals surface area (Å²) in [5, 5.41) is 5.03. The van der Waals surface area contributed by atoms with Crippen LogP contribution in [0.5, 0.6) is 11.5 Å². The summed E-state index contributed by atoms with van der Waals surface area (Å²) < 4.78 is 38.6. The number of rotatable bonds is 11. The van der Waals surface area contributed by atoms with Gasteiger partial charge in [-0.3, -0.25) is 10.1 Å². The van der Waals surface area contributed by atoms with Crippen molar-refractivity contribution in [2.45, 2.75) is 32.6 Å². The molecule has 36 heavy (non-hydrogen) atoms. The number of anilines is 1. The van der Waals surface area contributed by atoms with Gasteiger partial charge in [-0.25, -0.2) is 13.4 Å². The molecular formula is C26H33N3O5S2. The van der Waals surface area contributed by atoms with Crippen molar-refractivity contribution < 1.29 is 22.7 Å². The molecule has 8 nitrogen and oxygen atoms in total. The maximum absolute atomic E-state index is 13.2. The van der Waals surface area contributed by atoms with E-state index in [0.29, 0.717) is 41.0 Å². The number of thiazole rings is 1. The zero-order chi connectivity index (χ0) is 26.5. The molecule has 0 saturated heterocycles. The smallest absolute Gasteiger partial charge is 0.257 e. The SMILES string of the molecule is COc1ccc(-c2csc(NC(=O)c3ccc(S(=O)(=O)N(CC(C)C)CC(C)C)cc3)n2)c(OC)c1. The van der Waals surface area contributed by atoms with Gasteiger partial charge in [0.2, 0.25) is 10.0 Å². The van der Waals surface area contributed by atoms with Crippen LogP contribution in [-0.2, 0) is 10.0 Å². The quantitative estimate of drug-likeness (QED) is 0.357. The molecule has 0 unspecified atom stereocenters.